The van der Waals surface area contributed by atoms with E-state index in [-0.39, 0.29) is 16.7 Å². The number of hydrogen-bond donors (Lipinski definition) is 1. The molecule has 5 rings (SSSR count). The zero-order chi connectivity index (χ0) is 27.0. The van der Waals surface area contributed by atoms with Gasteiger partial charge in [-0.15, -0.1) is 0 Å². The summed E-state index contributed by atoms with van der Waals surface area (Å²) in [4.78, 5) is 18.1. The van der Waals surface area contributed by atoms with Crippen molar-refractivity contribution in [3.05, 3.63) is 82.3 Å². The Morgan fingerprint density at radius 1 is 1.03 bits per heavy atom. The van der Waals surface area contributed by atoms with Crippen molar-refractivity contribution in [1.29, 1.82) is 5.41 Å². The summed E-state index contributed by atoms with van der Waals surface area (Å²) < 4.78 is 24.2. The van der Waals surface area contributed by atoms with Gasteiger partial charge in [-0.3, -0.25) is 10.2 Å². The number of aromatic nitrogens is 2. The summed E-state index contributed by atoms with van der Waals surface area (Å²) >= 11 is 0. The third kappa shape index (κ3) is 4.66. The van der Waals surface area contributed by atoms with Gasteiger partial charge in [-0.2, -0.15) is 0 Å². The molecule has 1 unspecified atom stereocenters. The summed E-state index contributed by atoms with van der Waals surface area (Å²) in [7, 11) is 4.85. The smallest absolute Gasteiger partial charge is 0.228 e. The van der Waals surface area contributed by atoms with Crippen molar-refractivity contribution >= 4 is 5.78 Å². The first-order valence-electron chi connectivity index (χ1n) is 12.7. The molecule has 1 aromatic heterocycles. The molecule has 38 heavy (non-hydrogen) atoms. The Bertz CT molecular complexity index is 1470. The van der Waals surface area contributed by atoms with Crippen molar-refractivity contribution in [3.63, 3.8) is 0 Å². The van der Waals surface area contributed by atoms with Crippen LogP contribution in [0.5, 0.6) is 23.1 Å². The van der Waals surface area contributed by atoms with Crippen LogP contribution in [0.1, 0.15) is 49.3 Å². The lowest BCUT2D eigenvalue weighted by molar-refractivity contribution is -0.118. The number of rotatable bonds is 7. The third-order valence-electron chi connectivity index (χ3n) is 7.30. The Labute approximate surface area is 222 Å². The molecule has 8 heteroatoms. The maximum Gasteiger partial charge on any atom is 0.228 e. The molecule has 2 aliphatic rings. The number of nitrogens with one attached hydrogen (secondary N) is 1. The maximum absolute atomic E-state index is 13.5. The van der Waals surface area contributed by atoms with Crippen LogP contribution in [0.15, 0.2) is 60.1 Å². The second-order valence-corrected chi connectivity index (χ2v) is 10.5. The normalized spacial score (nSPS) is 17.8. The average molecular weight is 516 g/mol. The van der Waals surface area contributed by atoms with Crippen LogP contribution >= 0.6 is 0 Å². The number of carbonyl (C=O) groups is 1. The second-order valence-electron chi connectivity index (χ2n) is 10.5. The molecule has 0 saturated carbocycles. The zero-order valence-corrected chi connectivity index (χ0v) is 22.5. The van der Waals surface area contributed by atoms with Gasteiger partial charge in [-0.1, -0.05) is 32.0 Å². The molecule has 1 atom stereocenters. The van der Waals surface area contributed by atoms with Crippen LogP contribution in [0.4, 0.5) is 0 Å². The van der Waals surface area contributed by atoms with Crippen LogP contribution in [0.25, 0.3) is 0 Å². The van der Waals surface area contributed by atoms with E-state index in [1.807, 2.05) is 42.5 Å². The van der Waals surface area contributed by atoms with Crippen molar-refractivity contribution in [2.24, 2.45) is 5.41 Å². The van der Waals surface area contributed by atoms with Crippen molar-refractivity contribution < 1.29 is 23.7 Å². The van der Waals surface area contributed by atoms with Gasteiger partial charge in [0.2, 0.25) is 5.88 Å². The number of aryl methyl sites for hydroxylation is 2. The van der Waals surface area contributed by atoms with Crippen molar-refractivity contribution in [3.8, 4) is 23.1 Å². The number of allylic oxidation sites excluding steroid dienone is 2. The van der Waals surface area contributed by atoms with Crippen LogP contribution in [-0.2, 0) is 17.8 Å². The van der Waals surface area contributed by atoms with Crippen LogP contribution in [0, 0.1) is 10.8 Å². The molecule has 0 bridgehead atoms. The second kappa shape index (κ2) is 10.0. The molecule has 0 amide bonds. The summed E-state index contributed by atoms with van der Waals surface area (Å²) in [6, 6.07) is 13.5. The molecule has 1 aliphatic carbocycles. The van der Waals surface area contributed by atoms with Gasteiger partial charge in [0.15, 0.2) is 17.3 Å². The molecule has 2 heterocycles. The lowest BCUT2D eigenvalue weighted by Crippen LogP contribution is -2.37. The molecule has 2 aromatic carbocycles. The number of ether oxygens (including phenoxy) is 4. The van der Waals surface area contributed by atoms with Crippen LogP contribution < -0.4 is 24.4 Å². The van der Waals surface area contributed by atoms with E-state index in [1.165, 1.54) is 0 Å². The highest BCUT2D eigenvalue weighted by molar-refractivity contribution is 6.00. The Morgan fingerprint density at radius 2 is 1.76 bits per heavy atom. The molecular formula is C30H33N3O5. The molecule has 0 fully saturated rings. The van der Waals surface area contributed by atoms with E-state index in [9.17, 15) is 10.2 Å². The first-order valence-corrected chi connectivity index (χ1v) is 12.7. The Hall–Kier alpha value is -4.07. The predicted octanol–water partition coefficient (Wildman–Crippen LogP) is 4.80. The highest BCUT2D eigenvalue weighted by Crippen LogP contribution is 2.48. The molecule has 0 radical (unpaired) electrons. The molecule has 8 nitrogen and oxygen atoms in total. The molecule has 0 saturated heterocycles. The summed E-state index contributed by atoms with van der Waals surface area (Å²) in [5.74, 6) is 2.74. The molecule has 1 N–H and O–H groups in total. The first kappa shape index (κ1) is 25.6. The topological polar surface area (TPSA) is 95.7 Å². The fourth-order valence-corrected chi connectivity index (χ4v) is 5.38. The van der Waals surface area contributed by atoms with E-state index < -0.39 is 5.92 Å². The minimum atomic E-state index is -0.434. The van der Waals surface area contributed by atoms with Crippen LogP contribution in [-0.4, -0.2) is 36.7 Å². The van der Waals surface area contributed by atoms with Gasteiger partial charge in [0.05, 0.1) is 26.9 Å². The highest BCUT2D eigenvalue weighted by Gasteiger charge is 2.43. The number of ketones is 1. The average Bonchev–Trinajstić information content (AvgIpc) is 2.90. The molecule has 198 valence electrons. The highest BCUT2D eigenvalue weighted by atomic mass is 16.5. The summed E-state index contributed by atoms with van der Waals surface area (Å²) in [5.41, 5.74) is 3.27. The molecule has 1 aliphatic heterocycles. The number of fused-ring (bicyclic) bond motifs is 1. The zero-order valence-electron chi connectivity index (χ0n) is 22.5. The van der Waals surface area contributed by atoms with E-state index in [0.29, 0.717) is 60.1 Å². The minimum Gasteiger partial charge on any atom is -0.497 e. The first-order chi connectivity index (χ1) is 18.2. The monoisotopic (exact) mass is 515 g/mol. The van der Waals surface area contributed by atoms with Gasteiger partial charge < -0.3 is 23.5 Å². The van der Waals surface area contributed by atoms with E-state index in [1.54, 1.807) is 32.2 Å². The number of methoxy groups -OCH3 is 3. The van der Waals surface area contributed by atoms with Gasteiger partial charge in [-0.25, -0.2) is 4.98 Å². The molecule has 0 spiro atoms. The van der Waals surface area contributed by atoms with Gasteiger partial charge in [0.25, 0.3) is 0 Å². The predicted molar refractivity (Wildman–Crippen MR) is 142 cm³/mol. The van der Waals surface area contributed by atoms with E-state index in [0.717, 1.165) is 16.9 Å². The molecular weight excluding hydrogens is 482 g/mol. The lowest BCUT2D eigenvalue weighted by Gasteiger charge is -2.38. The van der Waals surface area contributed by atoms with Gasteiger partial charge >= 0.3 is 0 Å². The number of nitrogens with zero attached hydrogens (tertiary/aromatic N) is 2. The van der Waals surface area contributed by atoms with Gasteiger partial charge in [-0.05, 0) is 47.2 Å². The number of carbonyl (C=O) groups excluding carboxylic acids is 1. The Balaban J connectivity index is 1.55. The van der Waals surface area contributed by atoms with E-state index >= 15 is 0 Å². The summed E-state index contributed by atoms with van der Waals surface area (Å²) in [5, 5.41) is 9.18. The minimum absolute atomic E-state index is 0.0582. The summed E-state index contributed by atoms with van der Waals surface area (Å²) in [6.07, 6.45) is 3.38. The quantitative estimate of drug-likeness (QED) is 0.486. The van der Waals surface area contributed by atoms with Crippen LogP contribution in [0.2, 0.25) is 0 Å². The van der Waals surface area contributed by atoms with Gasteiger partial charge in [0.1, 0.15) is 23.3 Å². The summed E-state index contributed by atoms with van der Waals surface area (Å²) in [6.45, 7) is 4.68. The number of Topliss-reactive ketones (excluding diaryl/α,β-unsaturated/α-hetero) is 1. The SMILES string of the molecule is COc1ccc(C2C3=C(CC(C)(C)CC3=O)Oc3ncn(CCc4ccc(OC)c(OC)c4)c(=N)c32)cc1. The van der Waals surface area contributed by atoms with E-state index in [2.05, 4.69) is 18.8 Å². The van der Waals surface area contributed by atoms with Crippen molar-refractivity contribution in [1.82, 2.24) is 9.55 Å². The fraction of sp³-hybridized carbons (Fsp3) is 0.367. The maximum atomic E-state index is 13.5. The molecule has 3 aromatic rings. The third-order valence-corrected chi connectivity index (χ3v) is 7.30. The van der Waals surface area contributed by atoms with Crippen LogP contribution in [0.3, 0.4) is 0 Å². The Kier molecular flexibility index (Phi) is 6.73. The lowest BCUT2D eigenvalue weighted by atomic mass is 9.70. The Morgan fingerprint density at radius 3 is 2.45 bits per heavy atom. The fourth-order valence-electron chi connectivity index (χ4n) is 5.38. The van der Waals surface area contributed by atoms with E-state index in [4.69, 9.17) is 18.9 Å². The van der Waals surface area contributed by atoms with Crippen molar-refractivity contribution in [2.75, 3.05) is 21.3 Å². The number of benzene rings is 2. The standard InChI is InChI=1S/C30H33N3O5/c1-30(2)15-21(34)26-24(16-30)38-29-27(25(26)19-7-9-20(35-3)10-8-19)28(31)33(17-32-29)13-12-18-6-11-22(36-4)23(14-18)37-5/h6-11,14,17,25,31H,12-13,15-16H2,1-5H3. The number of hydrogen-bond acceptors (Lipinski definition) is 7. The van der Waals surface area contributed by atoms with Crippen molar-refractivity contribution in [2.45, 2.75) is 45.6 Å². The largest absolute Gasteiger partial charge is 0.497 e. The van der Waals surface area contributed by atoms with Gasteiger partial charge in [0, 0.05) is 30.9 Å².